The smallest absolute Gasteiger partial charge is 0.251 e. The Morgan fingerprint density at radius 1 is 1.08 bits per heavy atom. The zero-order chi connectivity index (χ0) is 18.2. The number of carbonyl (C=O) groups excluding carboxylic acids is 1. The predicted octanol–water partition coefficient (Wildman–Crippen LogP) is 4.32. The molecular formula is C22H25N3O. The van der Waals surface area contributed by atoms with Gasteiger partial charge in [-0.1, -0.05) is 55.8 Å². The van der Waals surface area contributed by atoms with E-state index in [1.807, 2.05) is 54.9 Å². The molecule has 3 rings (SSSR count). The van der Waals surface area contributed by atoms with Crippen LogP contribution in [0.3, 0.4) is 0 Å². The SMILES string of the molecule is CCCc1ccc(C(=O)NCCCn2ccnc2-c2ccccc2)cc1. The van der Waals surface area contributed by atoms with E-state index in [4.69, 9.17) is 0 Å². The molecule has 0 radical (unpaired) electrons. The number of hydrogen-bond acceptors (Lipinski definition) is 2. The molecule has 0 bridgehead atoms. The molecule has 0 unspecified atom stereocenters. The molecule has 1 aromatic heterocycles. The van der Waals surface area contributed by atoms with E-state index in [0.717, 1.165) is 42.8 Å². The van der Waals surface area contributed by atoms with Gasteiger partial charge in [-0.2, -0.15) is 0 Å². The molecule has 134 valence electrons. The van der Waals surface area contributed by atoms with Crippen LogP contribution >= 0.6 is 0 Å². The number of aryl methyl sites for hydroxylation is 2. The molecule has 0 aliphatic heterocycles. The Balaban J connectivity index is 1.49. The Hall–Kier alpha value is -2.88. The lowest BCUT2D eigenvalue weighted by Crippen LogP contribution is -2.25. The topological polar surface area (TPSA) is 46.9 Å². The Morgan fingerprint density at radius 2 is 1.85 bits per heavy atom. The summed E-state index contributed by atoms with van der Waals surface area (Å²) in [5.74, 6) is 0.949. The first-order chi connectivity index (χ1) is 12.8. The van der Waals surface area contributed by atoms with Crippen LogP contribution in [0.4, 0.5) is 0 Å². The van der Waals surface area contributed by atoms with Crippen molar-refractivity contribution in [2.24, 2.45) is 0 Å². The number of imidazole rings is 1. The molecule has 0 saturated carbocycles. The van der Waals surface area contributed by atoms with E-state index >= 15 is 0 Å². The average Bonchev–Trinajstić information content (AvgIpc) is 3.15. The summed E-state index contributed by atoms with van der Waals surface area (Å²) in [7, 11) is 0. The van der Waals surface area contributed by atoms with Gasteiger partial charge in [0.1, 0.15) is 5.82 Å². The minimum Gasteiger partial charge on any atom is -0.352 e. The van der Waals surface area contributed by atoms with Gasteiger partial charge in [0, 0.05) is 36.6 Å². The number of aromatic nitrogens is 2. The van der Waals surface area contributed by atoms with Gasteiger partial charge in [-0.25, -0.2) is 4.98 Å². The predicted molar refractivity (Wildman–Crippen MR) is 105 cm³/mol. The lowest BCUT2D eigenvalue weighted by molar-refractivity contribution is 0.0952. The van der Waals surface area contributed by atoms with Crippen molar-refractivity contribution < 1.29 is 4.79 Å². The minimum absolute atomic E-state index is 0.0121. The van der Waals surface area contributed by atoms with E-state index < -0.39 is 0 Å². The van der Waals surface area contributed by atoms with Crippen LogP contribution in [0, 0.1) is 0 Å². The molecule has 0 atom stereocenters. The van der Waals surface area contributed by atoms with E-state index in [-0.39, 0.29) is 5.91 Å². The number of nitrogens with one attached hydrogen (secondary N) is 1. The van der Waals surface area contributed by atoms with Gasteiger partial charge < -0.3 is 9.88 Å². The van der Waals surface area contributed by atoms with Crippen LogP contribution in [-0.4, -0.2) is 22.0 Å². The van der Waals surface area contributed by atoms with Crippen LogP contribution in [0.15, 0.2) is 67.0 Å². The van der Waals surface area contributed by atoms with Crippen LogP contribution in [0.2, 0.25) is 0 Å². The normalized spacial score (nSPS) is 10.7. The summed E-state index contributed by atoms with van der Waals surface area (Å²) in [6.45, 7) is 3.62. The van der Waals surface area contributed by atoms with Gasteiger partial charge in [-0.3, -0.25) is 4.79 Å². The van der Waals surface area contributed by atoms with E-state index in [0.29, 0.717) is 6.54 Å². The minimum atomic E-state index is -0.0121. The van der Waals surface area contributed by atoms with Crippen molar-refractivity contribution >= 4 is 5.91 Å². The lowest BCUT2D eigenvalue weighted by atomic mass is 10.1. The molecule has 0 saturated heterocycles. The number of nitrogens with zero attached hydrogens (tertiary/aromatic N) is 2. The zero-order valence-electron chi connectivity index (χ0n) is 15.2. The van der Waals surface area contributed by atoms with Gasteiger partial charge in [0.05, 0.1) is 0 Å². The summed E-state index contributed by atoms with van der Waals surface area (Å²) < 4.78 is 2.13. The molecule has 0 spiro atoms. The average molecular weight is 347 g/mol. The Kier molecular flexibility index (Phi) is 6.20. The second-order valence-corrected chi connectivity index (χ2v) is 6.37. The Labute approximate surface area is 154 Å². The summed E-state index contributed by atoms with van der Waals surface area (Å²) in [6.07, 6.45) is 6.83. The van der Waals surface area contributed by atoms with Crippen LogP contribution in [0.25, 0.3) is 11.4 Å². The summed E-state index contributed by atoms with van der Waals surface area (Å²) >= 11 is 0. The Morgan fingerprint density at radius 3 is 2.58 bits per heavy atom. The maximum atomic E-state index is 12.2. The molecule has 0 aliphatic rings. The lowest BCUT2D eigenvalue weighted by Gasteiger charge is -2.09. The molecule has 1 N–H and O–H groups in total. The number of hydrogen-bond donors (Lipinski definition) is 1. The van der Waals surface area contributed by atoms with E-state index in [1.54, 1.807) is 0 Å². The fourth-order valence-electron chi connectivity index (χ4n) is 3.00. The first kappa shape index (κ1) is 17.9. The van der Waals surface area contributed by atoms with Gasteiger partial charge in [0.2, 0.25) is 0 Å². The maximum Gasteiger partial charge on any atom is 0.251 e. The molecule has 1 heterocycles. The van der Waals surface area contributed by atoms with Crippen molar-refractivity contribution in [1.29, 1.82) is 0 Å². The van der Waals surface area contributed by atoms with Crippen LogP contribution in [-0.2, 0) is 13.0 Å². The zero-order valence-corrected chi connectivity index (χ0v) is 15.2. The van der Waals surface area contributed by atoms with Crippen molar-refractivity contribution in [3.05, 3.63) is 78.1 Å². The number of benzene rings is 2. The summed E-state index contributed by atoms with van der Waals surface area (Å²) in [4.78, 5) is 16.7. The van der Waals surface area contributed by atoms with Crippen molar-refractivity contribution in [3.8, 4) is 11.4 Å². The second-order valence-electron chi connectivity index (χ2n) is 6.37. The van der Waals surface area contributed by atoms with Crippen molar-refractivity contribution in [1.82, 2.24) is 14.9 Å². The number of rotatable bonds is 8. The van der Waals surface area contributed by atoms with Crippen LogP contribution in [0.5, 0.6) is 0 Å². The Bertz CT molecular complexity index is 822. The van der Waals surface area contributed by atoms with E-state index in [1.165, 1.54) is 5.56 Å². The quantitative estimate of drug-likeness (QED) is 0.617. The second kappa shape index (κ2) is 8.99. The van der Waals surface area contributed by atoms with Crippen LogP contribution < -0.4 is 5.32 Å². The molecule has 0 fully saturated rings. The highest BCUT2D eigenvalue weighted by Gasteiger charge is 2.07. The first-order valence-electron chi connectivity index (χ1n) is 9.21. The third kappa shape index (κ3) is 4.60. The molecule has 1 amide bonds. The van der Waals surface area contributed by atoms with Gasteiger partial charge in [0.15, 0.2) is 0 Å². The van der Waals surface area contributed by atoms with E-state index in [9.17, 15) is 4.79 Å². The van der Waals surface area contributed by atoms with Gasteiger partial charge in [-0.15, -0.1) is 0 Å². The van der Waals surface area contributed by atoms with Gasteiger partial charge in [0.25, 0.3) is 5.91 Å². The van der Waals surface area contributed by atoms with Gasteiger partial charge >= 0.3 is 0 Å². The summed E-state index contributed by atoms with van der Waals surface area (Å²) in [5, 5.41) is 3.00. The molecule has 2 aromatic carbocycles. The molecule has 3 aromatic rings. The third-order valence-corrected chi connectivity index (χ3v) is 4.36. The summed E-state index contributed by atoms with van der Waals surface area (Å²) in [5.41, 5.74) is 3.10. The highest BCUT2D eigenvalue weighted by Crippen LogP contribution is 2.16. The molecular weight excluding hydrogens is 322 g/mol. The molecule has 4 nitrogen and oxygen atoms in total. The van der Waals surface area contributed by atoms with Crippen molar-refractivity contribution in [2.45, 2.75) is 32.7 Å². The number of carbonyl (C=O) groups is 1. The monoisotopic (exact) mass is 347 g/mol. The van der Waals surface area contributed by atoms with E-state index in [2.05, 4.69) is 33.9 Å². The first-order valence-corrected chi connectivity index (χ1v) is 9.21. The standard InChI is InChI=1S/C22H25N3O/c1-2-7-18-10-12-20(13-11-18)22(26)24-14-6-16-25-17-15-23-21(25)19-8-4-3-5-9-19/h3-5,8-13,15,17H,2,6-7,14,16H2,1H3,(H,24,26). The highest BCUT2D eigenvalue weighted by atomic mass is 16.1. The highest BCUT2D eigenvalue weighted by molar-refractivity contribution is 5.94. The largest absolute Gasteiger partial charge is 0.352 e. The van der Waals surface area contributed by atoms with Crippen LogP contribution in [0.1, 0.15) is 35.7 Å². The molecule has 26 heavy (non-hydrogen) atoms. The molecule has 4 heteroatoms. The molecule has 0 aliphatic carbocycles. The third-order valence-electron chi connectivity index (χ3n) is 4.36. The summed E-state index contributed by atoms with van der Waals surface area (Å²) in [6, 6.07) is 18.0. The fourth-order valence-corrected chi connectivity index (χ4v) is 3.00. The fraction of sp³-hybridized carbons (Fsp3) is 0.273. The number of amides is 1. The van der Waals surface area contributed by atoms with Crippen molar-refractivity contribution in [3.63, 3.8) is 0 Å². The van der Waals surface area contributed by atoms with Crippen molar-refractivity contribution in [2.75, 3.05) is 6.54 Å². The maximum absolute atomic E-state index is 12.2. The van der Waals surface area contributed by atoms with Gasteiger partial charge in [-0.05, 0) is 30.5 Å².